The summed E-state index contributed by atoms with van der Waals surface area (Å²) in [5, 5.41) is 18.6. The lowest BCUT2D eigenvalue weighted by molar-refractivity contribution is -0.163. The molecular formula is C14H16O6. The Morgan fingerprint density at radius 2 is 1.60 bits per heavy atom. The third kappa shape index (κ3) is 2.06. The molecule has 0 aromatic heterocycles. The zero-order chi connectivity index (χ0) is 15.1. The number of carboxylic acids is 2. The second-order valence-corrected chi connectivity index (χ2v) is 5.32. The van der Waals surface area contributed by atoms with Crippen LogP contribution in [0.3, 0.4) is 0 Å². The van der Waals surface area contributed by atoms with Crippen LogP contribution >= 0.6 is 0 Å². The van der Waals surface area contributed by atoms with Crippen LogP contribution in [0.5, 0.6) is 0 Å². The molecule has 2 rings (SSSR count). The molecule has 1 aliphatic carbocycles. The van der Waals surface area contributed by atoms with Gasteiger partial charge in [-0.15, -0.1) is 0 Å². The Kier molecular flexibility index (Phi) is 3.52. The summed E-state index contributed by atoms with van der Waals surface area (Å²) >= 11 is 0. The molecule has 6 nitrogen and oxygen atoms in total. The highest BCUT2D eigenvalue weighted by molar-refractivity contribution is 6.02. The third-order valence-electron chi connectivity index (χ3n) is 4.08. The lowest BCUT2D eigenvalue weighted by atomic mass is 9.85. The third-order valence-corrected chi connectivity index (χ3v) is 4.08. The average molecular weight is 280 g/mol. The van der Waals surface area contributed by atoms with Crippen molar-refractivity contribution in [3.05, 3.63) is 22.3 Å². The summed E-state index contributed by atoms with van der Waals surface area (Å²) in [6, 6.07) is 0. The fraction of sp³-hybridized carbons (Fsp3) is 0.500. The molecule has 1 heterocycles. The van der Waals surface area contributed by atoms with Gasteiger partial charge in [0.15, 0.2) is 11.2 Å². The number of hydrogen-bond donors (Lipinski definition) is 2. The fourth-order valence-corrected chi connectivity index (χ4v) is 2.70. The Morgan fingerprint density at radius 3 is 2.15 bits per heavy atom. The lowest BCUT2D eigenvalue weighted by Crippen LogP contribution is -2.36. The standard InChI is InChI=1S/C14H16O6/c1-7-5-20-6-11(15)8(2)10-4-14(12(16)17,13(18)19)3-9(7)10/h3-6H2,1-2H3,(H,16,17)(H,18,19)/b9-7-,10-8-. The van der Waals surface area contributed by atoms with Gasteiger partial charge in [0, 0.05) is 6.42 Å². The number of Topliss-reactive ketones (excluding diaryl/α,β-unsaturated/α-hetero) is 1. The Bertz CT molecular complexity index is 552. The van der Waals surface area contributed by atoms with Crippen LogP contribution in [0.2, 0.25) is 0 Å². The molecule has 108 valence electrons. The number of aliphatic carboxylic acids is 2. The largest absolute Gasteiger partial charge is 0.480 e. The molecule has 2 aliphatic rings. The summed E-state index contributed by atoms with van der Waals surface area (Å²) in [5.41, 5.74) is 0.512. The summed E-state index contributed by atoms with van der Waals surface area (Å²) in [4.78, 5) is 34.7. The van der Waals surface area contributed by atoms with Gasteiger partial charge in [-0.1, -0.05) is 0 Å². The summed E-state index contributed by atoms with van der Waals surface area (Å²) in [6.07, 6.45) is -0.255. The summed E-state index contributed by atoms with van der Waals surface area (Å²) in [7, 11) is 0. The Hall–Kier alpha value is -1.95. The van der Waals surface area contributed by atoms with Crippen LogP contribution in [0.4, 0.5) is 0 Å². The van der Waals surface area contributed by atoms with Crippen LogP contribution < -0.4 is 0 Å². The first kappa shape index (κ1) is 14.5. The van der Waals surface area contributed by atoms with E-state index in [2.05, 4.69) is 0 Å². The molecule has 0 saturated heterocycles. The van der Waals surface area contributed by atoms with Crippen molar-refractivity contribution in [1.29, 1.82) is 0 Å². The minimum Gasteiger partial charge on any atom is -0.480 e. The van der Waals surface area contributed by atoms with Crippen molar-refractivity contribution >= 4 is 17.7 Å². The lowest BCUT2D eigenvalue weighted by Gasteiger charge is -2.17. The van der Waals surface area contributed by atoms with Crippen molar-refractivity contribution in [2.45, 2.75) is 26.7 Å². The van der Waals surface area contributed by atoms with E-state index in [0.717, 1.165) is 5.57 Å². The van der Waals surface area contributed by atoms with Crippen LogP contribution in [-0.4, -0.2) is 41.1 Å². The monoisotopic (exact) mass is 280 g/mol. The molecule has 0 amide bonds. The first-order chi connectivity index (χ1) is 9.29. The van der Waals surface area contributed by atoms with Crippen LogP contribution in [0, 0.1) is 5.41 Å². The molecule has 2 N–H and O–H groups in total. The molecule has 1 aliphatic heterocycles. The molecule has 0 atom stereocenters. The number of carboxylic acid groups (broad SMARTS) is 2. The van der Waals surface area contributed by atoms with Crippen molar-refractivity contribution in [1.82, 2.24) is 0 Å². The number of ether oxygens (including phenoxy) is 1. The van der Waals surface area contributed by atoms with E-state index >= 15 is 0 Å². The molecule has 0 bridgehead atoms. The molecule has 0 unspecified atom stereocenters. The van der Waals surface area contributed by atoms with Gasteiger partial charge in [-0.25, -0.2) is 0 Å². The van der Waals surface area contributed by atoms with Gasteiger partial charge in [-0.2, -0.15) is 0 Å². The molecule has 0 aromatic rings. The van der Waals surface area contributed by atoms with E-state index in [0.29, 0.717) is 16.7 Å². The maximum Gasteiger partial charge on any atom is 0.321 e. The quantitative estimate of drug-likeness (QED) is 0.736. The minimum atomic E-state index is -1.88. The Balaban J connectivity index is 2.62. The van der Waals surface area contributed by atoms with Crippen molar-refractivity contribution in [2.75, 3.05) is 13.2 Å². The van der Waals surface area contributed by atoms with Crippen LogP contribution in [-0.2, 0) is 19.1 Å². The van der Waals surface area contributed by atoms with E-state index in [-0.39, 0.29) is 31.8 Å². The molecule has 0 aromatic carbocycles. The highest BCUT2D eigenvalue weighted by atomic mass is 16.5. The number of ketones is 1. The van der Waals surface area contributed by atoms with E-state index in [9.17, 15) is 24.6 Å². The molecule has 6 heteroatoms. The second kappa shape index (κ2) is 4.86. The normalized spacial score (nSPS) is 29.6. The zero-order valence-corrected chi connectivity index (χ0v) is 11.4. The van der Waals surface area contributed by atoms with Crippen molar-refractivity contribution in [2.24, 2.45) is 5.41 Å². The van der Waals surface area contributed by atoms with E-state index < -0.39 is 17.4 Å². The van der Waals surface area contributed by atoms with E-state index in [1.807, 2.05) is 0 Å². The molecule has 20 heavy (non-hydrogen) atoms. The molecular weight excluding hydrogens is 264 g/mol. The van der Waals surface area contributed by atoms with Crippen molar-refractivity contribution in [3.63, 3.8) is 0 Å². The predicted octanol–water partition coefficient (Wildman–Crippen LogP) is 1.17. The molecule has 0 radical (unpaired) electrons. The summed E-state index contributed by atoms with van der Waals surface area (Å²) < 4.78 is 5.23. The molecule has 1 saturated carbocycles. The van der Waals surface area contributed by atoms with Crippen LogP contribution in [0.15, 0.2) is 22.3 Å². The molecule has 0 spiro atoms. The van der Waals surface area contributed by atoms with Gasteiger partial charge in [0.2, 0.25) is 0 Å². The van der Waals surface area contributed by atoms with Gasteiger partial charge >= 0.3 is 11.9 Å². The maximum absolute atomic E-state index is 11.9. The number of carbonyl (C=O) groups is 3. The fourth-order valence-electron chi connectivity index (χ4n) is 2.70. The van der Waals surface area contributed by atoms with Crippen LogP contribution in [0.1, 0.15) is 26.7 Å². The van der Waals surface area contributed by atoms with Gasteiger partial charge in [0.25, 0.3) is 0 Å². The topological polar surface area (TPSA) is 101 Å². The van der Waals surface area contributed by atoms with E-state index in [1.165, 1.54) is 0 Å². The van der Waals surface area contributed by atoms with Gasteiger partial charge in [0.05, 0.1) is 6.61 Å². The highest BCUT2D eigenvalue weighted by Crippen LogP contribution is 2.48. The smallest absolute Gasteiger partial charge is 0.321 e. The first-order valence-corrected chi connectivity index (χ1v) is 6.26. The second-order valence-electron chi connectivity index (χ2n) is 5.32. The number of allylic oxidation sites excluding steroid dienone is 2. The maximum atomic E-state index is 11.9. The van der Waals surface area contributed by atoms with Gasteiger partial charge in [-0.05, 0) is 42.6 Å². The number of fused-ring (bicyclic) bond motifs is 1. The van der Waals surface area contributed by atoms with Crippen LogP contribution in [0.25, 0.3) is 0 Å². The van der Waals surface area contributed by atoms with E-state index in [4.69, 9.17) is 4.74 Å². The summed E-state index contributed by atoms with van der Waals surface area (Å²) in [6.45, 7) is 3.53. The predicted molar refractivity (Wildman–Crippen MR) is 68.2 cm³/mol. The average Bonchev–Trinajstić information content (AvgIpc) is 2.78. The van der Waals surface area contributed by atoms with E-state index in [1.54, 1.807) is 13.8 Å². The van der Waals surface area contributed by atoms with Gasteiger partial charge in [-0.3, -0.25) is 14.4 Å². The SMILES string of the molecule is C/C1=C2\CC(C(=O)O)(C(=O)O)C\C2=C(/C)C(=O)COC1. The summed E-state index contributed by atoms with van der Waals surface area (Å²) in [5.74, 6) is -2.96. The number of carbonyl (C=O) groups excluding carboxylic acids is 1. The Morgan fingerprint density at radius 1 is 1.05 bits per heavy atom. The zero-order valence-electron chi connectivity index (χ0n) is 11.4. The molecule has 1 fully saturated rings. The Labute approximate surface area is 115 Å². The van der Waals surface area contributed by atoms with Crippen molar-refractivity contribution < 1.29 is 29.3 Å². The number of hydrogen-bond acceptors (Lipinski definition) is 4. The first-order valence-electron chi connectivity index (χ1n) is 6.26. The van der Waals surface area contributed by atoms with Crippen molar-refractivity contribution in [3.8, 4) is 0 Å². The minimum absolute atomic E-state index is 0.0624. The van der Waals surface area contributed by atoms with Gasteiger partial charge < -0.3 is 14.9 Å². The number of rotatable bonds is 2. The highest BCUT2D eigenvalue weighted by Gasteiger charge is 2.53. The van der Waals surface area contributed by atoms with Gasteiger partial charge in [0.1, 0.15) is 6.61 Å².